The van der Waals surface area contributed by atoms with Gasteiger partial charge in [0.05, 0.1) is 0 Å². The largest absolute Gasteiger partial charge is 0.355 e. The summed E-state index contributed by atoms with van der Waals surface area (Å²) in [5.41, 5.74) is 1.09. The van der Waals surface area contributed by atoms with Crippen LogP contribution in [0.2, 0.25) is 0 Å². The first-order valence-corrected chi connectivity index (χ1v) is 7.33. The van der Waals surface area contributed by atoms with Gasteiger partial charge in [-0.25, -0.2) is 4.39 Å². The summed E-state index contributed by atoms with van der Waals surface area (Å²) < 4.78 is 13.1. The first kappa shape index (κ1) is 15.0. The van der Waals surface area contributed by atoms with Gasteiger partial charge in [-0.3, -0.25) is 4.79 Å². The molecule has 1 fully saturated rings. The summed E-state index contributed by atoms with van der Waals surface area (Å²) in [6, 6.07) is 7.36. The molecule has 0 bridgehead atoms. The number of carbonyl (C=O) groups excluding carboxylic acids is 1. The van der Waals surface area contributed by atoms with Crippen LogP contribution in [0.25, 0.3) is 0 Å². The topological polar surface area (TPSA) is 41.1 Å². The van der Waals surface area contributed by atoms with Gasteiger partial charge in [-0.1, -0.05) is 26.0 Å². The van der Waals surface area contributed by atoms with E-state index in [4.69, 9.17) is 0 Å². The van der Waals surface area contributed by atoms with Crippen molar-refractivity contribution in [2.75, 3.05) is 13.1 Å². The zero-order chi connectivity index (χ0) is 14.5. The van der Waals surface area contributed by atoms with Crippen LogP contribution < -0.4 is 10.6 Å². The molecule has 1 amide bonds. The molecule has 1 aliphatic rings. The van der Waals surface area contributed by atoms with Gasteiger partial charge in [-0.15, -0.1) is 0 Å². The van der Waals surface area contributed by atoms with Gasteiger partial charge < -0.3 is 10.6 Å². The van der Waals surface area contributed by atoms with Crippen molar-refractivity contribution in [2.24, 2.45) is 5.92 Å². The Balaban J connectivity index is 1.61. The van der Waals surface area contributed by atoms with Crippen LogP contribution in [-0.4, -0.2) is 25.0 Å². The standard InChI is InChI=1S/C16H23FN2O/c1-11(2)16(20)19-7-6-18-15-9-13(10-15)12-4-3-5-14(17)8-12/h3-5,8,11,13,15,18H,6-7,9-10H2,1-2H3,(H,19,20). The molecule has 0 aliphatic heterocycles. The zero-order valence-electron chi connectivity index (χ0n) is 12.2. The fraction of sp³-hybridized carbons (Fsp3) is 0.562. The number of hydrogen-bond acceptors (Lipinski definition) is 2. The lowest BCUT2D eigenvalue weighted by Crippen LogP contribution is -2.44. The highest BCUT2D eigenvalue weighted by molar-refractivity contribution is 5.77. The Morgan fingerprint density at radius 2 is 2.10 bits per heavy atom. The molecule has 1 saturated carbocycles. The molecule has 4 heteroatoms. The number of halogens is 1. The van der Waals surface area contributed by atoms with Crippen LogP contribution in [-0.2, 0) is 4.79 Å². The maximum Gasteiger partial charge on any atom is 0.222 e. The minimum Gasteiger partial charge on any atom is -0.355 e. The van der Waals surface area contributed by atoms with Crippen LogP contribution in [0.15, 0.2) is 24.3 Å². The highest BCUT2D eigenvalue weighted by Gasteiger charge is 2.29. The second kappa shape index (κ2) is 6.84. The normalized spacial score (nSPS) is 21.6. The van der Waals surface area contributed by atoms with E-state index in [9.17, 15) is 9.18 Å². The van der Waals surface area contributed by atoms with Gasteiger partial charge in [0.2, 0.25) is 5.91 Å². The molecule has 1 aromatic carbocycles. The molecule has 20 heavy (non-hydrogen) atoms. The van der Waals surface area contributed by atoms with Crippen LogP contribution in [0.3, 0.4) is 0 Å². The molecule has 2 N–H and O–H groups in total. The Labute approximate surface area is 120 Å². The number of amides is 1. The molecule has 0 heterocycles. The van der Waals surface area contributed by atoms with Crippen LogP contribution >= 0.6 is 0 Å². The number of nitrogens with one attached hydrogen (secondary N) is 2. The Morgan fingerprint density at radius 1 is 1.35 bits per heavy atom. The van der Waals surface area contributed by atoms with Crippen LogP contribution in [0, 0.1) is 11.7 Å². The van der Waals surface area contributed by atoms with Gasteiger partial charge in [0.1, 0.15) is 5.82 Å². The summed E-state index contributed by atoms with van der Waals surface area (Å²) in [6.07, 6.45) is 2.09. The van der Waals surface area contributed by atoms with Crippen molar-refractivity contribution in [3.05, 3.63) is 35.6 Å². The molecule has 0 aromatic heterocycles. The Morgan fingerprint density at radius 3 is 2.75 bits per heavy atom. The third kappa shape index (κ3) is 4.04. The maximum atomic E-state index is 13.1. The third-order valence-electron chi connectivity index (χ3n) is 3.84. The van der Waals surface area contributed by atoms with Crippen molar-refractivity contribution in [1.29, 1.82) is 0 Å². The lowest BCUT2D eigenvalue weighted by atomic mass is 9.76. The smallest absolute Gasteiger partial charge is 0.222 e. The third-order valence-corrected chi connectivity index (χ3v) is 3.84. The van der Waals surface area contributed by atoms with Gasteiger partial charge in [-0.05, 0) is 36.5 Å². The van der Waals surface area contributed by atoms with E-state index >= 15 is 0 Å². The Hall–Kier alpha value is -1.42. The van der Waals surface area contributed by atoms with Gasteiger partial charge >= 0.3 is 0 Å². The molecule has 1 aromatic rings. The van der Waals surface area contributed by atoms with Crippen molar-refractivity contribution in [1.82, 2.24) is 10.6 Å². The summed E-state index contributed by atoms with van der Waals surface area (Å²) in [4.78, 5) is 11.4. The predicted molar refractivity (Wildman–Crippen MR) is 78.0 cm³/mol. The summed E-state index contributed by atoms with van der Waals surface area (Å²) in [7, 11) is 0. The monoisotopic (exact) mass is 278 g/mol. The first-order chi connectivity index (χ1) is 9.56. The summed E-state index contributed by atoms with van der Waals surface area (Å²) in [5, 5.41) is 6.30. The van der Waals surface area contributed by atoms with E-state index in [2.05, 4.69) is 10.6 Å². The van der Waals surface area contributed by atoms with Gasteiger partial charge in [-0.2, -0.15) is 0 Å². The minimum atomic E-state index is -0.157. The second-order valence-corrected chi connectivity index (χ2v) is 5.82. The van der Waals surface area contributed by atoms with Crippen molar-refractivity contribution < 1.29 is 9.18 Å². The van der Waals surface area contributed by atoms with Crippen LogP contribution in [0.1, 0.15) is 38.2 Å². The molecule has 0 radical (unpaired) electrons. The van der Waals surface area contributed by atoms with E-state index in [1.807, 2.05) is 19.9 Å². The minimum absolute atomic E-state index is 0.0380. The van der Waals surface area contributed by atoms with Gasteiger partial charge in [0.25, 0.3) is 0 Å². The molecule has 0 unspecified atom stereocenters. The number of rotatable bonds is 6. The molecule has 0 atom stereocenters. The highest BCUT2D eigenvalue weighted by atomic mass is 19.1. The van der Waals surface area contributed by atoms with Crippen molar-refractivity contribution in [3.8, 4) is 0 Å². The number of benzene rings is 1. The van der Waals surface area contributed by atoms with Crippen molar-refractivity contribution in [2.45, 2.75) is 38.6 Å². The fourth-order valence-corrected chi connectivity index (χ4v) is 2.48. The molecule has 0 spiro atoms. The van der Waals surface area contributed by atoms with Crippen molar-refractivity contribution in [3.63, 3.8) is 0 Å². The van der Waals surface area contributed by atoms with Crippen LogP contribution in [0.5, 0.6) is 0 Å². The predicted octanol–water partition coefficient (Wildman–Crippen LogP) is 2.43. The van der Waals surface area contributed by atoms with Gasteiger partial charge in [0.15, 0.2) is 0 Å². The highest BCUT2D eigenvalue weighted by Crippen LogP contribution is 2.36. The molecular weight excluding hydrogens is 255 g/mol. The van der Waals surface area contributed by atoms with E-state index < -0.39 is 0 Å². The Kier molecular flexibility index (Phi) is 5.12. The summed E-state index contributed by atoms with van der Waals surface area (Å²) in [6.45, 7) is 5.23. The fourth-order valence-electron chi connectivity index (χ4n) is 2.48. The zero-order valence-corrected chi connectivity index (χ0v) is 12.2. The number of carbonyl (C=O) groups is 1. The number of hydrogen-bond donors (Lipinski definition) is 2. The molecule has 0 saturated heterocycles. The molecule has 3 nitrogen and oxygen atoms in total. The first-order valence-electron chi connectivity index (χ1n) is 7.33. The molecule has 1 aliphatic carbocycles. The average molecular weight is 278 g/mol. The second-order valence-electron chi connectivity index (χ2n) is 5.82. The van der Waals surface area contributed by atoms with Crippen molar-refractivity contribution >= 4 is 5.91 Å². The van der Waals surface area contributed by atoms with E-state index in [0.717, 1.165) is 24.9 Å². The molecule has 2 rings (SSSR count). The molecular formula is C16H23FN2O. The van der Waals surface area contributed by atoms with Crippen LogP contribution in [0.4, 0.5) is 4.39 Å². The van der Waals surface area contributed by atoms with E-state index in [0.29, 0.717) is 18.5 Å². The van der Waals surface area contributed by atoms with E-state index in [1.54, 1.807) is 12.1 Å². The van der Waals surface area contributed by atoms with E-state index in [1.165, 1.54) is 6.07 Å². The maximum absolute atomic E-state index is 13.1. The van der Waals surface area contributed by atoms with E-state index in [-0.39, 0.29) is 17.6 Å². The average Bonchev–Trinajstić information content (AvgIpc) is 2.35. The quantitative estimate of drug-likeness (QED) is 0.785. The summed E-state index contributed by atoms with van der Waals surface area (Å²) >= 11 is 0. The molecule has 110 valence electrons. The summed E-state index contributed by atoms with van der Waals surface area (Å²) in [5.74, 6) is 0.442. The SMILES string of the molecule is CC(C)C(=O)NCCNC1CC(c2cccc(F)c2)C1. The lowest BCUT2D eigenvalue weighted by Gasteiger charge is -2.36. The lowest BCUT2D eigenvalue weighted by molar-refractivity contribution is -0.123. The van der Waals surface area contributed by atoms with Gasteiger partial charge in [0, 0.05) is 25.0 Å². The Bertz CT molecular complexity index is 456.